The first-order chi connectivity index (χ1) is 9.74. The molecule has 0 unspecified atom stereocenters. The van der Waals surface area contributed by atoms with E-state index in [1.54, 1.807) is 18.3 Å². The molecule has 5 heteroatoms. The van der Waals surface area contributed by atoms with Crippen molar-refractivity contribution in [3.63, 3.8) is 0 Å². The normalized spacial score (nSPS) is 14.6. The standard InChI is InChI=1S/C15H14ClN3O/c16-12-5-3-11(4-6-12)13-9-17-10-14(18-13)15(20)19-7-1-2-8-19/h3-6,9-10H,1-2,7-8H2. The van der Waals surface area contributed by atoms with Crippen LogP contribution in [0, 0.1) is 0 Å². The average Bonchev–Trinajstić information content (AvgIpc) is 3.01. The molecule has 2 heterocycles. The van der Waals surface area contributed by atoms with Crippen molar-refractivity contribution >= 4 is 17.5 Å². The average molecular weight is 288 g/mol. The van der Waals surface area contributed by atoms with Crippen LogP contribution in [0.15, 0.2) is 36.7 Å². The van der Waals surface area contributed by atoms with Crippen molar-refractivity contribution in [3.05, 3.63) is 47.4 Å². The topological polar surface area (TPSA) is 46.1 Å². The third-order valence-corrected chi connectivity index (χ3v) is 3.64. The molecule has 0 aliphatic carbocycles. The Morgan fingerprint density at radius 3 is 2.50 bits per heavy atom. The molecule has 4 nitrogen and oxygen atoms in total. The predicted octanol–water partition coefficient (Wildman–Crippen LogP) is 3.03. The number of hydrogen-bond acceptors (Lipinski definition) is 3. The van der Waals surface area contributed by atoms with E-state index < -0.39 is 0 Å². The molecule has 3 rings (SSSR count). The number of benzene rings is 1. The zero-order valence-electron chi connectivity index (χ0n) is 10.9. The predicted molar refractivity (Wildman–Crippen MR) is 77.6 cm³/mol. The molecule has 0 saturated carbocycles. The largest absolute Gasteiger partial charge is 0.337 e. The van der Waals surface area contributed by atoms with Crippen LogP contribution < -0.4 is 0 Å². The van der Waals surface area contributed by atoms with E-state index in [0.717, 1.165) is 31.5 Å². The van der Waals surface area contributed by atoms with Crippen molar-refractivity contribution in [1.82, 2.24) is 14.9 Å². The number of halogens is 1. The van der Waals surface area contributed by atoms with Crippen LogP contribution in [0.1, 0.15) is 23.3 Å². The van der Waals surface area contributed by atoms with Gasteiger partial charge in [-0.15, -0.1) is 0 Å². The molecule has 2 aromatic rings. The molecule has 1 saturated heterocycles. The molecule has 20 heavy (non-hydrogen) atoms. The zero-order chi connectivity index (χ0) is 13.9. The lowest BCUT2D eigenvalue weighted by atomic mass is 10.1. The van der Waals surface area contributed by atoms with Gasteiger partial charge in [0.25, 0.3) is 5.91 Å². The van der Waals surface area contributed by atoms with Crippen molar-refractivity contribution < 1.29 is 4.79 Å². The Kier molecular flexibility index (Phi) is 3.65. The second-order valence-corrected chi connectivity index (χ2v) is 5.23. The molecule has 102 valence electrons. The maximum Gasteiger partial charge on any atom is 0.274 e. The van der Waals surface area contributed by atoms with Gasteiger partial charge in [0, 0.05) is 23.7 Å². The molecule has 1 fully saturated rings. The Balaban J connectivity index is 1.89. The Bertz CT molecular complexity index is 621. The molecule has 0 spiro atoms. The van der Waals surface area contributed by atoms with E-state index in [1.165, 1.54) is 6.20 Å². The molecule has 1 aliphatic heterocycles. The number of nitrogens with zero attached hydrogens (tertiary/aromatic N) is 3. The molecule has 0 atom stereocenters. The molecular weight excluding hydrogens is 274 g/mol. The van der Waals surface area contributed by atoms with Gasteiger partial charge in [0.15, 0.2) is 0 Å². The zero-order valence-corrected chi connectivity index (χ0v) is 11.7. The van der Waals surface area contributed by atoms with E-state index in [2.05, 4.69) is 9.97 Å². The fourth-order valence-electron chi connectivity index (χ4n) is 2.31. The summed E-state index contributed by atoms with van der Waals surface area (Å²) in [6.45, 7) is 1.62. The summed E-state index contributed by atoms with van der Waals surface area (Å²) in [4.78, 5) is 22.7. The summed E-state index contributed by atoms with van der Waals surface area (Å²) in [5.41, 5.74) is 1.99. The maximum atomic E-state index is 12.3. The van der Waals surface area contributed by atoms with Gasteiger partial charge in [-0.1, -0.05) is 23.7 Å². The number of carbonyl (C=O) groups excluding carboxylic acids is 1. The van der Waals surface area contributed by atoms with Gasteiger partial charge in [0.2, 0.25) is 0 Å². The van der Waals surface area contributed by atoms with Crippen molar-refractivity contribution in [3.8, 4) is 11.3 Å². The SMILES string of the molecule is O=C(c1cncc(-c2ccc(Cl)cc2)n1)N1CCCC1. The van der Waals surface area contributed by atoms with E-state index in [4.69, 9.17) is 11.6 Å². The smallest absolute Gasteiger partial charge is 0.274 e. The highest BCUT2D eigenvalue weighted by Crippen LogP contribution is 2.20. The Labute approximate surface area is 122 Å². The number of aromatic nitrogens is 2. The number of rotatable bonds is 2. The van der Waals surface area contributed by atoms with Crippen molar-refractivity contribution in [1.29, 1.82) is 0 Å². The van der Waals surface area contributed by atoms with Crippen molar-refractivity contribution in [2.45, 2.75) is 12.8 Å². The fraction of sp³-hybridized carbons (Fsp3) is 0.267. The van der Waals surface area contributed by atoms with Crippen LogP contribution in [0.4, 0.5) is 0 Å². The molecule has 1 aliphatic rings. The Morgan fingerprint density at radius 1 is 1.10 bits per heavy atom. The molecule has 0 radical (unpaired) electrons. The fourth-order valence-corrected chi connectivity index (χ4v) is 2.44. The third kappa shape index (κ3) is 2.65. The Morgan fingerprint density at radius 2 is 1.80 bits per heavy atom. The minimum Gasteiger partial charge on any atom is -0.337 e. The summed E-state index contributed by atoms with van der Waals surface area (Å²) in [6.07, 6.45) is 5.32. The molecule has 1 amide bonds. The number of carbonyl (C=O) groups is 1. The lowest BCUT2D eigenvalue weighted by Crippen LogP contribution is -2.28. The van der Waals surface area contributed by atoms with Crippen molar-refractivity contribution in [2.75, 3.05) is 13.1 Å². The molecule has 0 bridgehead atoms. The van der Waals surface area contributed by atoms with Gasteiger partial charge in [0.1, 0.15) is 5.69 Å². The van der Waals surface area contributed by atoms with Gasteiger partial charge >= 0.3 is 0 Å². The summed E-state index contributed by atoms with van der Waals surface area (Å²) in [6, 6.07) is 7.34. The van der Waals surface area contributed by atoms with Crippen LogP contribution in [-0.4, -0.2) is 33.9 Å². The van der Waals surface area contributed by atoms with Gasteiger partial charge < -0.3 is 4.90 Å². The van der Waals surface area contributed by atoms with Crippen LogP contribution in [0.2, 0.25) is 5.02 Å². The van der Waals surface area contributed by atoms with E-state index in [0.29, 0.717) is 16.4 Å². The first kappa shape index (κ1) is 13.1. The van der Waals surface area contributed by atoms with Gasteiger partial charge in [0.05, 0.1) is 18.1 Å². The van der Waals surface area contributed by atoms with E-state index >= 15 is 0 Å². The minimum atomic E-state index is -0.0363. The highest BCUT2D eigenvalue weighted by atomic mass is 35.5. The lowest BCUT2D eigenvalue weighted by Gasteiger charge is -2.14. The lowest BCUT2D eigenvalue weighted by molar-refractivity contribution is 0.0786. The summed E-state index contributed by atoms with van der Waals surface area (Å²) < 4.78 is 0. The summed E-state index contributed by atoms with van der Waals surface area (Å²) in [7, 11) is 0. The summed E-state index contributed by atoms with van der Waals surface area (Å²) in [5, 5.41) is 0.672. The first-order valence-corrected chi connectivity index (χ1v) is 6.99. The summed E-state index contributed by atoms with van der Waals surface area (Å²) in [5.74, 6) is -0.0363. The molecule has 1 aromatic heterocycles. The molecular formula is C15H14ClN3O. The van der Waals surface area contributed by atoms with E-state index in [9.17, 15) is 4.79 Å². The molecule has 0 N–H and O–H groups in total. The maximum absolute atomic E-state index is 12.3. The van der Waals surface area contributed by atoms with Gasteiger partial charge in [-0.05, 0) is 25.0 Å². The highest BCUT2D eigenvalue weighted by Gasteiger charge is 2.21. The third-order valence-electron chi connectivity index (χ3n) is 3.39. The number of hydrogen-bond donors (Lipinski definition) is 0. The second kappa shape index (κ2) is 5.59. The van der Waals surface area contributed by atoms with Crippen LogP contribution in [-0.2, 0) is 0 Å². The number of amides is 1. The summed E-state index contributed by atoms with van der Waals surface area (Å²) >= 11 is 5.87. The van der Waals surface area contributed by atoms with E-state index in [-0.39, 0.29) is 5.91 Å². The highest BCUT2D eigenvalue weighted by molar-refractivity contribution is 6.30. The quantitative estimate of drug-likeness (QED) is 0.853. The van der Waals surface area contributed by atoms with Crippen LogP contribution in [0.5, 0.6) is 0 Å². The van der Waals surface area contributed by atoms with Gasteiger partial charge in [-0.2, -0.15) is 0 Å². The van der Waals surface area contributed by atoms with Crippen LogP contribution >= 0.6 is 11.6 Å². The number of likely N-dealkylation sites (tertiary alicyclic amines) is 1. The van der Waals surface area contributed by atoms with E-state index in [1.807, 2.05) is 17.0 Å². The minimum absolute atomic E-state index is 0.0363. The van der Waals surface area contributed by atoms with Crippen LogP contribution in [0.3, 0.4) is 0 Å². The van der Waals surface area contributed by atoms with Gasteiger partial charge in [-0.3, -0.25) is 9.78 Å². The van der Waals surface area contributed by atoms with Crippen LogP contribution in [0.25, 0.3) is 11.3 Å². The molecule has 1 aromatic carbocycles. The monoisotopic (exact) mass is 287 g/mol. The first-order valence-electron chi connectivity index (χ1n) is 6.61. The van der Waals surface area contributed by atoms with Crippen molar-refractivity contribution in [2.24, 2.45) is 0 Å². The van der Waals surface area contributed by atoms with Gasteiger partial charge in [-0.25, -0.2) is 4.98 Å². The Hall–Kier alpha value is -1.94. The second-order valence-electron chi connectivity index (χ2n) is 4.80.